The van der Waals surface area contributed by atoms with E-state index in [4.69, 9.17) is 19.0 Å². The number of carbonyl (C=O) groups excluding carboxylic acids is 1. The Morgan fingerprint density at radius 1 is 0.769 bits per heavy atom. The minimum atomic E-state index is -2.46. The number of carbonyl (C=O) groups is 1. The van der Waals surface area contributed by atoms with Crippen molar-refractivity contribution in [2.45, 2.75) is 0 Å². The molecule has 0 fully saturated rings. The summed E-state index contributed by atoms with van der Waals surface area (Å²) in [5.41, 5.74) is 1.05. The van der Waals surface area contributed by atoms with Crippen LogP contribution >= 0.6 is 8.60 Å². The highest BCUT2D eigenvalue weighted by atomic mass is 31.2. The minimum Gasteiger partial charge on any atom is -0.457 e. The van der Waals surface area contributed by atoms with Crippen LogP contribution < -0.4 is 14.6 Å². The zero-order valence-corrected chi connectivity index (χ0v) is 14.5. The van der Waals surface area contributed by atoms with Crippen molar-refractivity contribution in [3.63, 3.8) is 0 Å². The molecule has 7 heteroatoms. The molecule has 3 rings (SSSR count). The highest BCUT2D eigenvalue weighted by molar-refractivity contribution is 7.39. The summed E-state index contributed by atoms with van der Waals surface area (Å²) < 4.78 is 10.5. The fourth-order valence-corrected chi connectivity index (χ4v) is 2.51. The molecule has 26 heavy (non-hydrogen) atoms. The molecule has 0 aliphatic rings. The van der Waals surface area contributed by atoms with Crippen LogP contribution in [-0.4, -0.2) is 15.7 Å². The van der Waals surface area contributed by atoms with Crippen molar-refractivity contribution < 1.29 is 23.8 Å². The molecule has 0 aliphatic carbocycles. The summed E-state index contributed by atoms with van der Waals surface area (Å²) in [7, 11) is -2.46. The van der Waals surface area contributed by atoms with E-state index < -0.39 is 8.60 Å². The number of nitrogens with one attached hydrogen (secondary N) is 1. The van der Waals surface area contributed by atoms with Crippen molar-refractivity contribution in [3.05, 3.63) is 84.4 Å². The van der Waals surface area contributed by atoms with Gasteiger partial charge in [0.05, 0.1) is 0 Å². The highest BCUT2D eigenvalue weighted by Gasteiger charge is 2.08. The third kappa shape index (κ3) is 5.04. The van der Waals surface area contributed by atoms with Gasteiger partial charge in [-0.2, -0.15) is 0 Å². The lowest BCUT2D eigenvalue weighted by atomic mass is 10.2. The predicted molar refractivity (Wildman–Crippen MR) is 99.3 cm³/mol. The Morgan fingerprint density at radius 3 is 1.96 bits per heavy atom. The zero-order valence-electron chi connectivity index (χ0n) is 13.6. The maximum absolute atomic E-state index is 12.3. The number of hydrogen-bond donors (Lipinski definition) is 3. The van der Waals surface area contributed by atoms with Crippen LogP contribution in [0.3, 0.4) is 0 Å². The van der Waals surface area contributed by atoms with E-state index in [1.165, 1.54) is 12.1 Å². The molecule has 0 bridgehead atoms. The smallest absolute Gasteiger partial charge is 0.391 e. The van der Waals surface area contributed by atoms with E-state index in [0.29, 0.717) is 22.7 Å². The molecule has 6 nitrogen and oxygen atoms in total. The van der Waals surface area contributed by atoms with Gasteiger partial charge in [-0.15, -0.1) is 0 Å². The van der Waals surface area contributed by atoms with Crippen LogP contribution in [0, 0.1) is 0 Å². The molecule has 0 unspecified atom stereocenters. The average molecular weight is 369 g/mol. The third-order valence-electron chi connectivity index (χ3n) is 3.39. The van der Waals surface area contributed by atoms with Gasteiger partial charge in [-0.3, -0.25) is 4.79 Å². The van der Waals surface area contributed by atoms with Crippen molar-refractivity contribution in [1.82, 2.24) is 0 Å². The first kappa shape index (κ1) is 17.9. The van der Waals surface area contributed by atoms with Crippen LogP contribution in [0.15, 0.2) is 78.9 Å². The van der Waals surface area contributed by atoms with Gasteiger partial charge in [-0.25, -0.2) is 0 Å². The molecule has 3 aromatic rings. The number of para-hydroxylation sites is 1. The number of benzene rings is 3. The van der Waals surface area contributed by atoms with E-state index in [1.807, 2.05) is 30.3 Å². The molecule has 0 spiro atoms. The van der Waals surface area contributed by atoms with Gasteiger partial charge in [0, 0.05) is 11.3 Å². The summed E-state index contributed by atoms with van der Waals surface area (Å²) in [6.45, 7) is 0. The molecule has 0 aromatic heterocycles. The normalized spacial score (nSPS) is 10.4. The van der Waals surface area contributed by atoms with Gasteiger partial charge < -0.3 is 24.4 Å². The predicted octanol–water partition coefficient (Wildman–Crippen LogP) is 4.32. The van der Waals surface area contributed by atoms with Crippen molar-refractivity contribution in [1.29, 1.82) is 0 Å². The Kier molecular flexibility index (Phi) is 5.81. The number of rotatable bonds is 6. The largest absolute Gasteiger partial charge is 0.457 e. The van der Waals surface area contributed by atoms with Gasteiger partial charge in [-0.1, -0.05) is 18.2 Å². The van der Waals surface area contributed by atoms with E-state index in [0.717, 1.165) is 5.75 Å². The van der Waals surface area contributed by atoms with Crippen molar-refractivity contribution in [2.24, 2.45) is 0 Å². The molecule has 0 aliphatic heterocycles. The van der Waals surface area contributed by atoms with Gasteiger partial charge in [0.15, 0.2) is 0 Å². The second-order valence-corrected chi connectivity index (χ2v) is 5.95. The summed E-state index contributed by atoms with van der Waals surface area (Å²) in [4.78, 5) is 29.9. The highest BCUT2D eigenvalue weighted by Crippen LogP contribution is 2.29. The molecular weight excluding hydrogens is 353 g/mol. The Hall–Kier alpha value is -2.92. The maximum Gasteiger partial charge on any atom is 0.391 e. The second-order valence-electron chi connectivity index (χ2n) is 5.26. The monoisotopic (exact) mass is 369 g/mol. The fraction of sp³-hybridized carbons (Fsp3) is 0. The van der Waals surface area contributed by atoms with Gasteiger partial charge >= 0.3 is 8.60 Å². The van der Waals surface area contributed by atoms with Crippen LogP contribution in [-0.2, 0) is 0 Å². The molecule has 1 amide bonds. The first-order valence-electron chi connectivity index (χ1n) is 7.70. The first-order chi connectivity index (χ1) is 12.6. The van der Waals surface area contributed by atoms with E-state index in [1.54, 1.807) is 36.4 Å². The van der Waals surface area contributed by atoms with Crippen molar-refractivity contribution >= 4 is 20.2 Å². The molecule has 0 heterocycles. The standard InChI is InChI=1S/C19H16NO5P/c21-19(20-15-8-12-18(13-9-15)25-26(22)23)14-6-10-17(11-7-14)24-16-4-2-1-3-5-16/h1-13,22-23H,(H,20,21). The number of hydrogen-bond acceptors (Lipinski definition) is 5. The summed E-state index contributed by atoms with van der Waals surface area (Å²) in [6, 6.07) is 22.5. The lowest BCUT2D eigenvalue weighted by Crippen LogP contribution is -2.11. The minimum absolute atomic E-state index is 0.267. The zero-order chi connectivity index (χ0) is 18.4. The molecule has 0 radical (unpaired) electrons. The second kappa shape index (κ2) is 8.45. The van der Waals surface area contributed by atoms with Gasteiger partial charge in [0.2, 0.25) is 0 Å². The average Bonchev–Trinajstić information content (AvgIpc) is 2.64. The van der Waals surface area contributed by atoms with Crippen molar-refractivity contribution in [2.75, 3.05) is 5.32 Å². The van der Waals surface area contributed by atoms with E-state index in [2.05, 4.69) is 5.32 Å². The Labute approximate surface area is 151 Å². The Balaban J connectivity index is 1.61. The SMILES string of the molecule is O=C(Nc1ccc(OP(O)O)cc1)c1ccc(Oc2ccccc2)cc1. The summed E-state index contributed by atoms with van der Waals surface area (Å²) in [5, 5.41) is 2.75. The Bertz CT molecular complexity index is 851. The molecule has 0 saturated heterocycles. The lowest BCUT2D eigenvalue weighted by molar-refractivity contribution is 0.102. The number of ether oxygens (including phenoxy) is 1. The maximum atomic E-state index is 12.3. The summed E-state index contributed by atoms with van der Waals surface area (Å²) in [5.74, 6) is 1.40. The quantitative estimate of drug-likeness (QED) is 0.563. The molecule has 132 valence electrons. The van der Waals surface area contributed by atoms with Crippen LogP contribution in [0.4, 0.5) is 5.69 Å². The summed E-state index contributed by atoms with van der Waals surface area (Å²) in [6.07, 6.45) is 0. The third-order valence-corrected chi connectivity index (χ3v) is 3.77. The fourth-order valence-electron chi connectivity index (χ4n) is 2.20. The first-order valence-corrected chi connectivity index (χ1v) is 8.87. The van der Waals surface area contributed by atoms with Gasteiger partial charge in [0.25, 0.3) is 5.91 Å². The van der Waals surface area contributed by atoms with E-state index in [-0.39, 0.29) is 5.91 Å². The van der Waals surface area contributed by atoms with E-state index in [9.17, 15) is 4.79 Å². The molecular formula is C19H16NO5P. The lowest BCUT2D eigenvalue weighted by Gasteiger charge is -2.09. The molecule has 3 aromatic carbocycles. The molecule has 0 atom stereocenters. The molecule has 3 N–H and O–H groups in total. The molecule has 0 saturated carbocycles. The summed E-state index contributed by atoms with van der Waals surface area (Å²) >= 11 is 0. The Morgan fingerprint density at radius 2 is 1.35 bits per heavy atom. The topological polar surface area (TPSA) is 88.0 Å². The van der Waals surface area contributed by atoms with Crippen LogP contribution in [0.2, 0.25) is 0 Å². The van der Waals surface area contributed by atoms with E-state index >= 15 is 0 Å². The van der Waals surface area contributed by atoms with Gasteiger partial charge in [0.1, 0.15) is 17.2 Å². The van der Waals surface area contributed by atoms with Crippen LogP contribution in [0.5, 0.6) is 17.2 Å². The number of amides is 1. The van der Waals surface area contributed by atoms with Crippen molar-refractivity contribution in [3.8, 4) is 17.2 Å². The van der Waals surface area contributed by atoms with Crippen LogP contribution in [0.1, 0.15) is 10.4 Å². The number of anilines is 1. The van der Waals surface area contributed by atoms with Gasteiger partial charge in [-0.05, 0) is 60.7 Å². The van der Waals surface area contributed by atoms with Crippen LogP contribution in [0.25, 0.3) is 0 Å².